The highest BCUT2D eigenvalue weighted by molar-refractivity contribution is 7.80. The number of alkyl halides is 2. The molecule has 2 aromatic carbocycles. The Morgan fingerprint density at radius 1 is 1.08 bits per heavy atom. The number of nitrogens with zero attached hydrogens (tertiary/aromatic N) is 1. The minimum Gasteiger partial charge on any atom is -0.435 e. The average Bonchev–Trinajstić information content (AvgIpc) is 2.56. The van der Waals surface area contributed by atoms with Gasteiger partial charge in [-0.2, -0.15) is 8.78 Å². The van der Waals surface area contributed by atoms with E-state index in [4.69, 9.17) is 12.2 Å². The van der Waals surface area contributed by atoms with Crippen molar-refractivity contribution < 1.29 is 13.5 Å². The molecule has 0 amide bonds. The Balaban J connectivity index is 1.98. The Hall–Kier alpha value is -2.25. The van der Waals surface area contributed by atoms with Crippen LogP contribution in [-0.2, 0) is 0 Å². The molecule has 25 heavy (non-hydrogen) atoms. The van der Waals surface area contributed by atoms with E-state index in [2.05, 4.69) is 20.3 Å². The summed E-state index contributed by atoms with van der Waals surface area (Å²) in [6.45, 7) is -2.06. The molecule has 0 aliphatic carbocycles. The van der Waals surface area contributed by atoms with Gasteiger partial charge in [0.25, 0.3) is 0 Å². The van der Waals surface area contributed by atoms with E-state index in [1.807, 2.05) is 44.4 Å². The van der Waals surface area contributed by atoms with E-state index in [9.17, 15) is 8.78 Å². The number of halogens is 2. The lowest BCUT2D eigenvalue weighted by Crippen LogP contribution is -2.37. The third-order valence-corrected chi connectivity index (χ3v) is 3.61. The number of nitrogens with one attached hydrogen (secondary N) is 2. The monoisotopic (exact) mass is 365 g/mol. The normalized spacial score (nSPS) is 12.1. The van der Waals surface area contributed by atoms with E-state index in [1.54, 1.807) is 12.1 Å². The lowest BCUT2D eigenvalue weighted by molar-refractivity contribution is -0.0498. The lowest BCUT2D eigenvalue weighted by Gasteiger charge is -2.24. The predicted octanol–water partition coefficient (Wildman–Crippen LogP) is 3.88. The summed E-state index contributed by atoms with van der Waals surface area (Å²) in [5, 5.41) is 6.80. The smallest absolute Gasteiger partial charge is 0.387 e. The molecule has 2 rings (SSSR count). The highest BCUT2D eigenvalue weighted by Crippen LogP contribution is 2.18. The van der Waals surface area contributed by atoms with Crippen LogP contribution < -0.4 is 15.4 Å². The summed E-state index contributed by atoms with van der Waals surface area (Å²) < 4.78 is 28.7. The molecule has 0 bridgehead atoms. The molecule has 0 saturated heterocycles. The van der Waals surface area contributed by atoms with Crippen LogP contribution >= 0.6 is 12.2 Å². The molecule has 1 atom stereocenters. The molecule has 134 valence electrons. The maximum absolute atomic E-state index is 12.2. The van der Waals surface area contributed by atoms with Crippen LogP contribution in [0.3, 0.4) is 0 Å². The summed E-state index contributed by atoms with van der Waals surface area (Å²) >= 11 is 5.38. The van der Waals surface area contributed by atoms with Crippen LogP contribution in [0.4, 0.5) is 14.5 Å². The molecule has 0 fully saturated rings. The first-order valence-electron chi connectivity index (χ1n) is 7.76. The zero-order valence-corrected chi connectivity index (χ0v) is 14.9. The summed E-state index contributed by atoms with van der Waals surface area (Å²) in [7, 11) is 3.99. The number of hydrogen-bond acceptors (Lipinski definition) is 3. The molecular weight excluding hydrogens is 344 g/mol. The molecule has 0 spiro atoms. The van der Waals surface area contributed by atoms with Crippen molar-refractivity contribution in [2.75, 3.05) is 26.0 Å². The van der Waals surface area contributed by atoms with Crippen molar-refractivity contribution in [3.63, 3.8) is 0 Å². The molecule has 0 unspecified atom stereocenters. The van der Waals surface area contributed by atoms with Gasteiger partial charge in [0.15, 0.2) is 5.11 Å². The molecule has 2 N–H and O–H groups in total. The molecule has 0 aliphatic rings. The maximum Gasteiger partial charge on any atom is 0.387 e. The van der Waals surface area contributed by atoms with Crippen molar-refractivity contribution in [2.24, 2.45) is 0 Å². The van der Waals surface area contributed by atoms with Crippen molar-refractivity contribution in [3.8, 4) is 5.75 Å². The van der Waals surface area contributed by atoms with Crippen molar-refractivity contribution in [1.82, 2.24) is 10.2 Å². The van der Waals surface area contributed by atoms with Gasteiger partial charge >= 0.3 is 6.61 Å². The number of hydrogen-bond donors (Lipinski definition) is 2. The Bertz CT molecular complexity index is 666. The molecule has 7 heteroatoms. The van der Waals surface area contributed by atoms with Crippen LogP contribution in [0.1, 0.15) is 11.6 Å². The quantitative estimate of drug-likeness (QED) is 0.729. The number of likely N-dealkylation sites (N-methyl/N-ethyl adjacent to an activating group) is 1. The van der Waals surface area contributed by atoms with Crippen LogP contribution in [0.5, 0.6) is 5.75 Å². The number of benzene rings is 2. The van der Waals surface area contributed by atoms with E-state index >= 15 is 0 Å². The first kappa shape index (κ1) is 19.1. The highest BCUT2D eigenvalue weighted by atomic mass is 32.1. The van der Waals surface area contributed by atoms with E-state index < -0.39 is 6.61 Å². The van der Waals surface area contributed by atoms with Crippen molar-refractivity contribution in [1.29, 1.82) is 0 Å². The maximum atomic E-state index is 12.2. The summed E-state index contributed by atoms with van der Waals surface area (Å²) in [6, 6.07) is 16.2. The fraction of sp³-hybridized carbons (Fsp3) is 0.278. The van der Waals surface area contributed by atoms with E-state index in [1.165, 1.54) is 12.1 Å². The fourth-order valence-electron chi connectivity index (χ4n) is 2.33. The number of anilines is 1. The molecule has 0 radical (unpaired) electrons. The van der Waals surface area contributed by atoms with Crippen LogP contribution in [0.25, 0.3) is 0 Å². The highest BCUT2D eigenvalue weighted by Gasteiger charge is 2.13. The van der Waals surface area contributed by atoms with Crippen LogP contribution in [0.15, 0.2) is 54.6 Å². The number of thiocarbonyl (C=S) groups is 1. The first-order chi connectivity index (χ1) is 11.9. The Morgan fingerprint density at radius 2 is 1.72 bits per heavy atom. The third-order valence-electron chi connectivity index (χ3n) is 3.39. The average molecular weight is 365 g/mol. The topological polar surface area (TPSA) is 36.5 Å². The Kier molecular flexibility index (Phi) is 7.09. The molecule has 2 aromatic rings. The second-order valence-electron chi connectivity index (χ2n) is 5.73. The van der Waals surface area contributed by atoms with Crippen LogP contribution in [-0.4, -0.2) is 37.3 Å². The summed E-state index contributed by atoms with van der Waals surface area (Å²) in [4.78, 5) is 2.07. The van der Waals surface area contributed by atoms with Crippen LogP contribution in [0, 0.1) is 0 Å². The van der Waals surface area contributed by atoms with E-state index in [0.717, 1.165) is 12.1 Å². The van der Waals surface area contributed by atoms with Gasteiger partial charge in [-0.25, -0.2) is 0 Å². The molecule has 4 nitrogen and oxygen atoms in total. The fourth-order valence-corrected chi connectivity index (χ4v) is 2.59. The number of ether oxygens (including phenoxy) is 1. The molecule has 0 aromatic heterocycles. The minimum absolute atomic E-state index is 0.0256. The predicted molar refractivity (Wildman–Crippen MR) is 100 cm³/mol. The second-order valence-corrected chi connectivity index (χ2v) is 6.14. The molecule has 0 saturated carbocycles. The van der Waals surface area contributed by atoms with E-state index in [0.29, 0.717) is 10.8 Å². The zero-order valence-electron chi connectivity index (χ0n) is 14.1. The van der Waals surface area contributed by atoms with Gasteiger partial charge in [0.1, 0.15) is 5.75 Å². The largest absolute Gasteiger partial charge is 0.435 e. The first-order valence-corrected chi connectivity index (χ1v) is 8.17. The van der Waals surface area contributed by atoms with Gasteiger partial charge in [-0.05, 0) is 56.1 Å². The second kappa shape index (κ2) is 9.29. The van der Waals surface area contributed by atoms with Gasteiger partial charge in [-0.1, -0.05) is 30.3 Å². The standard InChI is InChI=1S/C18H21F2N3OS/c1-23(2)12-16(13-6-4-3-5-7-13)22-18(25)21-14-8-10-15(11-9-14)24-17(19)20/h3-11,16-17H,12H2,1-2H3,(H2,21,22,25)/t16-/m0/s1. The SMILES string of the molecule is CN(C)C[C@H](NC(=S)Nc1ccc(OC(F)F)cc1)c1ccccc1. The van der Waals surface area contributed by atoms with Crippen molar-refractivity contribution >= 4 is 23.0 Å². The molecular formula is C18H21F2N3OS. The Morgan fingerprint density at radius 3 is 2.28 bits per heavy atom. The molecule has 0 aliphatic heterocycles. The number of rotatable bonds is 7. The lowest BCUT2D eigenvalue weighted by atomic mass is 10.1. The van der Waals surface area contributed by atoms with Crippen molar-refractivity contribution in [3.05, 3.63) is 60.2 Å². The van der Waals surface area contributed by atoms with Crippen molar-refractivity contribution in [2.45, 2.75) is 12.7 Å². The van der Waals surface area contributed by atoms with Gasteiger partial charge in [-0.3, -0.25) is 0 Å². The van der Waals surface area contributed by atoms with Gasteiger partial charge in [0.05, 0.1) is 6.04 Å². The van der Waals surface area contributed by atoms with Gasteiger partial charge < -0.3 is 20.3 Å². The zero-order chi connectivity index (χ0) is 18.2. The van der Waals surface area contributed by atoms with Gasteiger partial charge in [0, 0.05) is 12.2 Å². The minimum atomic E-state index is -2.83. The van der Waals surface area contributed by atoms with Crippen LogP contribution in [0.2, 0.25) is 0 Å². The molecule has 0 heterocycles. The Labute approximate surface area is 151 Å². The summed E-state index contributed by atoms with van der Waals surface area (Å²) in [6.07, 6.45) is 0. The summed E-state index contributed by atoms with van der Waals surface area (Å²) in [5.41, 5.74) is 1.82. The van der Waals surface area contributed by atoms with Gasteiger partial charge in [0.2, 0.25) is 0 Å². The van der Waals surface area contributed by atoms with Gasteiger partial charge in [-0.15, -0.1) is 0 Å². The third kappa shape index (κ3) is 6.64. The summed E-state index contributed by atoms with van der Waals surface area (Å²) in [5.74, 6) is 0.106. The van der Waals surface area contributed by atoms with E-state index in [-0.39, 0.29) is 11.8 Å².